The number of carbonyl (C=O) groups excluding carboxylic acids is 2. The van der Waals surface area contributed by atoms with Gasteiger partial charge in [0.2, 0.25) is 5.91 Å². The van der Waals surface area contributed by atoms with Crippen molar-refractivity contribution in [3.8, 4) is 0 Å². The Morgan fingerprint density at radius 2 is 1.82 bits per heavy atom. The quantitative estimate of drug-likeness (QED) is 0.792. The summed E-state index contributed by atoms with van der Waals surface area (Å²) in [5.41, 5.74) is 0. The lowest BCUT2D eigenvalue weighted by molar-refractivity contribution is -0.144. The summed E-state index contributed by atoms with van der Waals surface area (Å²) in [6, 6.07) is -0.902. The molecular formula is C15H27N3O4. The topological polar surface area (TPSA) is 90.0 Å². The number of nitrogens with one attached hydrogen (secondary N) is 1. The number of hydrogen-bond donors (Lipinski definition) is 2. The molecule has 0 bridgehead atoms. The number of urea groups is 1. The fourth-order valence-electron chi connectivity index (χ4n) is 2.57. The summed E-state index contributed by atoms with van der Waals surface area (Å²) in [6.07, 6.45) is 1.82. The van der Waals surface area contributed by atoms with Gasteiger partial charge in [-0.25, -0.2) is 9.59 Å². The number of nitrogens with zero attached hydrogens (tertiary/aromatic N) is 2. The molecule has 126 valence electrons. The van der Waals surface area contributed by atoms with Crippen LogP contribution >= 0.6 is 0 Å². The maximum absolute atomic E-state index is 12.3. The molecule has 22 heavy (non-hydrogen) atoms. The molecule has 1 heterocycles. The van der Waals surface area contributed by atoms with Gasteiger partial charge in [0, 0.05) is 33.1 Å². The Balaban J connectivity index is 2.55. The molecular weight excluding hydrogens is 286 g/mol. The third-order valence-corrected chi connectivity index (χ3v) is 4.30. The maximum Gasteiger partial charge on any atom is 0.326 e. The number of hydrogen-bond acceptors (Lipinski definition) is 3. The largest absolute Gasteiger partial charge is 0.480 e. The van der Waals surface area contributed by atoms with E-state index in [-0.39, 0.29) is 23.8 Å². The first kappa shape index (κ1) is 18.3. The maximum atomic E-state index is 12.3. The normalized spacial score (nSPS) is 18.5. The molecule has 2 N–H and O–H groups in total. The second kappa shape index (κ2) is 8.00. The molecule has 0 aromatic carbocycles. The van der Waals surface area contributed by atoms with Crippen molar-refractivity contribution in [2.24, 2.45) is 11.8 Å². The van der Waals surface area contributed by atoms with Crippen molar-refractivity contribution < 1.29 is 19.5 Å². The molecule has 0 radical (unpaired) electrons. The van der Waals surface area contributed by atoms with Crippen molar-refractivity contribution >= 4 is 17.9 Å². The number of carbonyl (C=O) groups is 3. The van der Waals surface area contributed by atoms with Crippen LogP contribution in [0.3, 0.4) is 0 Å². The van der Waals surface area contributed by atoms with Crippen LogP contribution in [0.1, 0.15) is 33.1 Å². The van der Waals surface area contributed by atoms with Crippen LogP contribution in [0.15, 0.2) is 0 Å². The highest BCUT2D eigenvalue weighted by atomic mass is 16.4. The van der Waals surface area contributed by atoms with Gasteiger partial charge in [-0.15, -0.1) is 0 Å². The molecule has 0 spiro atoms. The van der Waals surface area contributed by atoms with Gasteiger partial charge in [0.1, 0.15) is 6.04 Å². The van der Waals surface area contributed by atoms with Crippen molar-refractivity contribution in [1.82, 2.24) is 15.1 Å². The Hall–Kier alpha value is -1.79. The molecule has 1 fully saturated rings. The van der Waals surface area contributed by atoms with E-state index in [9.17, 15) is 19.5 Å². The molecule has 0 unspecified atom stereocenters. The van der Waals surface area contributed by atoms with Gasteiger partial charge in [-0.1, -0.05) is 20.3 Å². The number of carboxylic acid groups (broad SMARTS) is 1. The van der Waals surface area contributed by atoms with E-state index >= 15 is 0 Å². The van der Waals surface area contributed by atoms with Crippen LogP contribution in [-0.2, 0) is 9.59 Å². The van der Waals surface area contributed by atoms with Gasteiger partial charge >= 0.3 is 12.0 Å². The van der Waals surface area contributed by atoms with Gasteiger partial charge in [-0.05, 0) is 18.8 Å². The zero-order valence-electron chi connectivity index (χ0n) is 13.8. The number of aliphatic carboxylic acids is 1. The highest BCUT2D eigenvalue weighted by Gasteiger charge is 2.32. The lowest BCUT2D eigenvalue weighted by Gasteiger charge is -2.33. The van der Waals surface area contributed by atoms with Crippen LogP contribution in [0.5, 0.6) is 0 Å². The summed E-state index contributed by atoms with van der Waals surface area (Å²) >= 11 is 0. The van der Waals surface area contributed by atoms with Crippen molar-refractivity contribution in [3.05, 3.63) is 0 Å². The van der Waals surface area contributed by atoms with E-state index in [0.29, 0.717) is 32.4 Å². The molecule has 3 amide bonds. The van der Waals surface area contributed by atoms with E-state index in [4.69, 9.17) is 0 Å². The van der Waals surface area contributed by atoms with Gasteiger partial charge in [0.05, 0.1) is 0 Å². The molecule has 1 rings (SSSR count). The number of carboxylic acids is 1. The third kappa shape index (κ3) is 4.61. The minimum Gasteiger partial charge on any atom is -0.480 e. The molecule has 0 aromatic rings. The second-order valence-electron chi connectivity index (χ2n) is 6.15. The smallest absolute Gasteiger partial charge is 0.326 e. The molecule has 2 atom stereocenters. The van der Waals surface area contributed by atoms with Crippen molar-refractivity contribution in [2.45, 2.75) is 39.2 Å². The predicted octanol–water partition coefficient (Wildman–Crippen LogP) is 0.996. The molecule has 1 aliphatic rings. The fraction of sp³-hybridized carbons (Fsp3) is 0.800. The molecule has 0 saturated carbocycles. The van der Waals surface area contributed by atoms with Crippen molar-refractivity contribution in [3.63, 3.8) is 0 Å². The standard InChI is InChI=1S/C15H27N3O4/c1-5-10(2)12(14(20)21)16-13(19)11-6-8-18(9-7-11)15(22)17(3)4/h10-12H,5-9H2,1-4H3,(H,16,19)(H,20,21)/t10-,12+/m1/s1. The molecule has 7 nitrogen and oxygen atoms in total. The summed E-state index contributed by atoms with van der Waals surface area (Å²) in [5, 5.41) is 11.9. The molecule has 1 aliphatic heterocycles. The number of likely N-dealkylation sites (tertiary alicyclic amines) is 1. The second-order valence-corrected chi connectivity index (χ2v) is 6.15. The lowest BCUT2D eigenvalue weighted by Crippen LogP contribution is -2.50. The van der Waals surface area contributed by atoms with Gasteiger partial charge in [-0.2, -0.15) is 0 Å². The summed E-state index contributed by atoms with van der Waals surface area (Å²) < 4.78 is 0. The van der Waals surface area contributed by atoms with E-state index in [0.717, 1.165) is 0 Å². The van der Waals surface area contributed by atoms with E-state index in [1.807, 2.05) is 13.8 Å². The highest BCUT2D eigenvalue weighted by Crippen LogP contribution is 2.19. The SMILES string of the molecule is CC[C@@H](C)[C@H](NC(=O)C1CCN(C(=O)N(C)C)CC1)C(=O)O. The zero-order valence-corrected chi connectivity index (χ0v) is 13.8. The fourth-order valence-corrected chi connectivity index (χ4v) is 2.57. The average Bonchev–Trinajstić information content (AvgIpc) is 2.50. The van der Waals surface area contributed by atoms with Crippen LogP contribution in [0.2, 0.25) is 0 Å². The van der Waals surface area contributed by atoms with Gasteiger partial charge in [0.25, 0.3) is 0 Å². The monoisotopic (exact) mass is 313 g/mol. The van der Waals surface area contributed by atoms with Crippen LogP contribution < -0.4 is 5.32 Å². The van der Waals surface area contributed by atoms with Gasteiger partial charge in [-0.3, -0.25) is 4.79 Å². The Kier molecular flexibility index (Phi) is 6.64. The molecule has 1 saturated heterocycles. The average molecular weight is 313 g/mol. The van der Waals surface area contributed by atoms with E-state index < -0.39 is 12.0 Å². The van der Waals surface area contributed by atoms with E-state index in [2.05, 4.69) is 5.32 Å². The van der Waals surface area contributed by atoms with Crippen molar-refractivity contribution in [2.75, 3.05) is 27.2 Å². The van der Waals surface area contributed by atoms with Crippen LogP contribution in [0.25, 0.3) is 0 Å². The first-order chi connectivity index (χ1) is 10.3. The summed E-state index contributed by atoms with van der Waals surface area (Å²) in [5.74, 6) is -1.55. The third-order valence-electron chi connectivity index (χ3n) is 4.30. The minimum atomic E-state index is -0.997. The number of piperidine rings is 1. The first-order valence-electron chi connectivity index (χ1n) is 7.77. The highest BCUT2D eigenvalue weighted by molar-refractivity contribution is 5.85. The molecule has 7 heteroatoms. The van der Waals surface area contributed by atoms with Crippen LogP contribution in [-0.4, -0.2) is 66.0 Å². The summed E-state index contributed by atoms with van der Waals surface area (Å²) in [7, 11) is 3.40. The van der Waals surface area contributed by atoms with E-state index in [1.54, 1.807) is 19.0 Å². The van der Waals surface area contributed by atoms with Gasteiger partial charge < -0.3 is 20.2 Å². The Morgan fingerprint density at radius 1 is 1.27 bits per heavy atom. The Labute approximate surface area is 131 Å². The number of rotatable bonds is 5. The molecule has 0 aromatic heterocycles. The molecule has 0 aliphatic carbocycles. The van der Waals surface area contributed by atoms with E-state index in [1.165, 1.54) is 4.90 Å². The summed E-state index contributed by atoms with van der Waals surface area (Å²) in [4.78, 5) is 38.6. The van der Waals surface area contributed by atoms with Crippen molar-refractivity contribution in [1.29, 1.82) is 0 Å². The first-order valence-corrected chi connectivity index (χ1v) is 7.77. The zero-order chi connectivity index (χ0) is 16.9. The summed E-state index contributed by atoms with van der Waals surface area (Å²) in [6.45, 7) is 4.77. The van der Waals surface area contributed by atoms with Crippen LogP contribution in [0.4, 0.5) is 4.79 Å². The number of amides is 3. The minimum absolute atomic E-state index is 0.0538. The lowest BCUT2D eigenvalue weighted by atomic mass is 9.93. The van der Waals surface area contributed by atoms with Gasteiger partial charge in [0.15, 0.2) is 0 Å². The predicted molar refractivity (Wildman–Crippen MR) is 82.4 cm³/mol. The Morgan fingerprint density at radius 3 is 2.23 bits per heavy atom. The van der Waals surface area contributed by atoms with Crippen LogP contribution in [0, 0.1) is 11.8 Å². The Bertz CT molecular complexity index is 417.